The van der Waals surface area contributed by atoms with Crippen molar-refractivity contribution in [2.45, 2.75) is 24.7 Å². The molecule has 1 saturated carbocycles. The number of nitrogens with zero attached hydrogens (tertiary/aromatic N) is 1. The van der Waals surface area contributed by atoms with E-state index in [0.717, 1.165) is 30.6 Å². The molecule has 1 aromatic rings. The fraction of sp³-hybridized carbons (Fsp3) is 0.417. The number of ether oxygens (including phenoxy) is 1. The molecule has 0 bridgehead atoms. The highest BCUT2D eigenvalue weighted by atomic mass is 16.5. The van der Waals surface area contributed by atoms with Crippen LogP contribution in [0.4, 0.5) is 0 Å². The Morgan fingerprint density at radius 1 is 1.36 bits per heavy atom. The van der Waals surface area contributed by atoms with E-state index in [-0.39, 0.29) is 5.41 Å². The zero-order valence-corrected chi connectivity index (χ0v) is 8.29. The van der Waals surface area contributed by atoms with E-state index in [1.807, 2.05) is 24.3 Å². The Bertz CT molecular complexity index is 374. The predicted octanol–water partition coefficient (Wildman–Crippen LogP) is 2.64. The number of para-hydroxylation sites is 1. The molecule has 1 aliphatic rings. The lowest BCUT2D eigenvalue weighted by Crippen LogP contribution is -2.32. The van der Waals surface area contributed by atoms with Crippen molar-refractivity contribution in [3.05, 3.63) is 29.8 Å². The third-order valence-electron chi connectivity index (χ3n) is 3.04. The smallest absolute Gasteiger partial charge is 0.123 e. The van der Waals surface area contributed by atoms with Gasteiger partial charge in [-0.1, -0.05) is 18.2 Å². The molecule has 0 radical (unpaired) electrons. The highest BCUT2D eigenvalue weighted by molar-refractivity contribution is 5.45. The van der Waals surface area contributed by atoms with Crippen molar-refractivity contribution in [1.82, 2.24) is 0 Å². The van der Waals surface area contributed by atoms with E-state index in [4.69, 9.17) is 4.74 Å². The topological polar surface area (TPSA) is 33.0 Å². The molecule has 72 valence electrons. The van der Waals surface area contributed by atoms with Crippen molar-refractivity contribution in [2.75, 3.05) is 7.11 Å². The summed E-state index contributed by atoms with van der Waals surface area (Å²) < 4.78 is 5.28. The van der Waals surface area contributed by atoms with Crippen LogP contribution in [0.1, 0.15) is 24.8 Å². The van der Waals surface area contributed by atoms with E-state index < -0.39 is 0 Å². The number of rotatable bonds is 2. The van der Waals surface area contributed by atoms with Gasteiger partial charge in [0, 0.05) is 5.56 Å². The zero-order chi connectivity index (χ0) is 10.0. The van der Waals surface area contributed by atoms with E-state index in [9.17, 15) is 5.26 Å². The van der Waals surface area contributed by atoms with E-state index in [1.165, 1.54) is 0 Å². The molecule has 0 aromatic heterocycles. The molecule has 0 N–H and O–H groups in total. The molecule has 14 heavy (non-hydrogen) atoms. The minimum absolute atomic E-state index is 0.271. The van der Waals surface area contributed by atoms with Crippen molar-refractivity contribution in [3.8, 4) is 11.8 Å². The van der Waals surface area contributed by atoms with E-state index in [0.29, 0.717) is 0 Å². The van der Waals surface area contributed by atoms with Gasteiger partial charge in [-0.15, -0.1) is 0 Å². The number of nitriles is 1. The van der Waals surface area contributed by atoms with Crippen LogP contribution in [0.3, 0.4) is 0 Å². The van der Waals surface area contributed by atoms with E-state index in [2.05, 4.69) is 6.07 Å². The van der Waals surface area contributed by atoms with E-state index >= 15 is 0 Å². The summed E-state index contributed by atoms with van der Waals surface area (Å²) in [5.74, 6) is 0.841. The Labute approximate surface area is 84.1 Å². The summed E-state index contributed by atoms with van der Waals surface area (Å²) in [5.41, 5.74) is 0.781. The van der Waals surface area contributed by atoms with Gasteiger partial charge in [0.15, 0.2) is 0 Å². The molecular weight excluding hydrogens is 174 g/mol. The highest BCUT2D eigenvalue weighted by Gasteiger charge is 2.40. The van der Waals surface area contributed by atoms with Gasteiger partial charge >= 0.3 is 0 Å². The molecule has 1 aliphatic carbocycles. The first-order valence-electron chi connectivity index (χ1n) is 4.87. The van der Waals surface area contributed by atoms with Gasteiger partial charge in [-0.3, -0.25) is 0 Å². The standard InChI is InChI=1S/C12H13NO/c1-14-11-6-3-2-5-10(11)12(9-13)7-4-8-12/h2-3,5-6H,4,7-8H2,1H3. The summed E-state index contributed by atoms with van der Waals surface area (Å²) in [6.45, 7) is 0. The molecule has 0 aliphatic heterocycles. The molecule has 2 heteroatoms. The number of hydrogen-bond acceptors (Lipinski definition) is 2. The summed E-state index contributed by atoms with van der Waals surface area (Å²) >= 11 is 0. The van der Waals surface area contributed by atoms with Crippen LogP contribution >= 0.6 is 0 Å². The van der Waals surface area contributed by atoms with Gasteiger partial charge in [0.1, 0.15) is 5.75 Å². The third-order valence-corrected chi connectivity index (χ3v) is 3.04. The quantitative estimate of drug-likeness (QED) is 0.713. The maximum atomic E-state index is 9.20. The average Bonchev–Trinajstić information content (AvgIpc) is 2.18. The number of methoxy groups -OCH3 is 1. The van der Waals surface area contributed by atoms with Crippen LogP contribution in [0.25, 0.3) is 0 Å². The predicted molar refractivity (Wildman–Crippen MR) is 54.1 cm³/mol. The Morgan fingerprint density at radius 3 is 2.57 bits per heavy atom. The van der Waals surface area contributed by atoms with Crippen molar-refractivity contribution < 1.29 is 4.74 Å². The second kappa shape index (κ2) is 3.34. The second-order valence-corrected chi connectivity index (χ2v) is 3.75. The van der Waals surface area contributed by atoms with Crippen LogP contribution in [-0.2, 0) is 5.41 Å². The summed E-state index contributed by atoms with van der Waals surface area (Å²) in [6.07, 6.45) is 3.07. The molecule has 0 heterocycles. The lowest BCUT2D eigenvalue weighted by molar-refractivity contribution is 0.307. The lowest BCUT2D eigenvalue weighted by Gasteiger charge is -2.36. The molecule has 1 aromatic carbocycles. The molecule has 0 atom stereocenters. The molecular formula is C12H13NO. The summed E-state index contributed by atoms with van der Waals surface area (Å²) in [4.78, 5) is 0. The van der Waals surface area contributed by atoms with E-state index in [1.54, 1.807) is 7.11 Å². The first-order valence-corrected chi connectivity index (χ1v) is 4.87. The first-order chi connectivity index (χ1) is 6.82. The van der Waals surface area contributed by atoms with Gasteiger partial charge in [0.2, 0.25) is 0 Å². The lowest BCUT2D eigenvalue weighted by atomic mass is 9.65. The minimum Gasteiger partial charge on any atom is -0.496 e. The number of hydrogen-bond donors (Lipinski definition) is 0. The van der Waals surface area contributed by atoms with Crippen molar-refractivity contribution in [1.29, 1.82) is 5.26 Å². The van der Waals surface area contributed by atoms with Gasteiger partial charge in [0.25, 0.3) is 0 Å². The molecule has 2 rings (SSSR count). The van der Waals surface area contributed by atoms with Crippen LogP contribution in [-0.4, -0.2) is 7.11 Å². The summed E-state index contributed by atoms with van der Waals surface area (Å²) in [7, 11) is 1.66. The number of benzene rings is 1. The third kappa shape index (κ3) is 1.17. The molecule has 0 saturated heterocycles. The first kappa shape index (κ1) is 9.08. The van der Waals surface area contributed by atoms with Crippen molar-refractivity contribution in [2.24, 2.45) is 0 Å². The van der Waals surface area contributed by atoms with Crippen molar-refractivity contribution in [3.63, 3.8) is 0 Å². The molecule has 2 nitrogen and oxygen atoms in total. The van der Waals surface area contributed by atoms with Crippen LogP contribution < -0.4 is 4.74 Å². The van der Waals surface area contributed by atoms with Gasteiger partial charge in [-0.05, 0) is 25.3 Å². The fourth-order valence-corrected chi connectivity index (χ4v) is 2.01. The van der Waals surface area contributed by atoms with Gasteiger partial charge < -0.3 is 4.74 Å². The Kier molecular flexibility index (Phi) is 2.17. The zero-order valence-electron chi connectivity index (χ0n) is 8.29. The van der Waals surface area contributed by atoms with Gasteiger partial charge in [-0.25, -0.2) is 0 Å². The van der Waals surface area contributed by atoms with Crippen molar-refractivity contribution >= 4 is 0 Å². The normalized spacial score (nSPS) is 18.0. The monoisotopic (exact) mass is 187 g/mol. The minimum atomic E-state index is -0.271. The Morgan fingerprint density at radius 2 is 2.07 bits per heavy atom. The van der Waals surface area contributed by atoms with Gasteiger partial charge in [0.05, 0.1) is 18.6 Å². The van der Waals surface area contributed by atoms with Gasteiger partial charge in [-0.2, -0.15) is 5.26 Å². The SMILES string of the molecule is COc1ccccc1C1(C#N)CCC1. The second-order valence-electron chi connectivity index (χ2n) is 3.75. The maximum Gasteiger partial charge on any atom is 0.123 e. The highest BCUT2D eigenvalue weighted by Crippen LogP contribution is 2.46. The van der Waals surface area contributed by atoms with Crippen LogP contribution in [0, 0.1) is 11.3 Å². The van der Waals surface area contributed by atoms with Crippen LogP contribution in [0.5, 0.6) is 5.75 Å². The Balaban J connectivity index is 2.45. The molecule has 0 unspecified atom stereocenters. The fourth-order valence-electron chi connectivity index (χ4n) is 2.01. The largest absolute Gasteiger partial charge is 0.496 e. The molecule has 1 fully saturated rings. The Hall–Kier alpha value is -1.49. The average molecular weight is 187 g/mol. The van der Waals surface area contributed by atoms with Crippen LogP contribution in [0.2, 0.25) is 0 Å². The molecule has 0 spiro atoms. The summed E-state index contributed by atoms with van der Waals surface area (Å²) in [5, 5.41) is 9.20. The summed E-state index contributed by atoms with van der Waals surface area (Å²) in [6, 6.07) is 10.3. The molecule has 0 amide bonds. The maximum absolute atomic E-state index is 9.20. The van der Waals surface area contributed by atoms with Crippen LogP contribution in [0.15, 0.2) is 24.3 Å².